The molecule has 114 valence electrons. The topological polar surface area (TPSA) is 29.9 Å². The number of hydrogen-bond donors (Lipinski definition) is 1. The SMILES string of the molecule is Cn1cc(C(NCc2cc(F)ccc2F)C(F)(F)F)cn1. The first-order valence-electron chi connectivity index (χ1n) is 6.00. The normalized spacial score (nSPS) is 13.4. The molecule has 0 amide bonds. The second kappa shape index (κ2) is 5.80. The molecule has 0 aliphatic rings. The smallest absolute Gasteiger partial charge is 0.298 e. The zero-order chi connectivity index (χ0) is 15.6. The van der Waals surface area contributed by atoms with Crippen LogP contribution in [0.1, 0.15) is 17.2 Å². The lowest BCUT2D eigenvalue weighted by Crippen LogP contribution is -2.33. The Morgan fingerprint density at radius 2 is 2.00 bits per heavy atom. The van der Waals surface area contributed by atoms with E-state index in [0.29, 0.717) is 0 Å². The molecule has 0 saturated heterocycles. The highest BCUT2D eigenvalue weighted by Gasteiger charge is 2.41. The molecule has 0 saturated carbocycles. The molecule has 0 aliphatic heterocycles. The van der Waals surface area contributed by atoms with Crippen LogP contribution in [0.2, 0.25) is 0 Å². The fourth-order valence-corrected chi connectivity index (χ4v) is 1.90. The summed E-state index contributed by atoms with van der Waals surface area (Å²) in [5.74, 6) is -1.48. The van der Waals surface area contributed by atoms with Gasteiger partial charge in [-0.15, -0.1) is 0 Å². The summed E-state index contributed by atoms with van der Waals surface area (Å²) in [5, 5.41) is 5.87. The zero-order valence-electron chi connectivity index (χ0n) is 11.0. The van der Waals surface area contributed by atoms with Gasteiger partial charge in [-0.25, -0.2) is 8.78 Å². The van der Waals surface area contributed by atoms with Crippen LogP contribution in [0.15, 0.2) is 30.6 Å². The predicted octanol–water partition coefficient (Wildman–Crippen LogP) is 3.09. The van der Waals surface area contributed by atoms with Crippen molar-refractivity contribution in [3.05, 3.63) is 53.4 Å². The lowest BCUT2D eigenvalue weighted by atomic mass is 10.1. The summed E-state index contributed by atoms with van der Waals surface area (Å²) in [6.07, 6.45) is -2.28. The number of alkyl halides is 3. The third-order valence-electron chi connectivity index (χ3n) is 2.89. The van der Waals surface area contributed by atoms with Crippen LogP contribution in [0.5, 0.6) is 0 Å². The third kappa shape index (κ3) is 3.78. The van der Waals surface area contributed by atoms with Gasteiger partial charge >= 0.3 is 6.18 Å². The number of nitrogens with one attached hydrogen (secondary N) is 1. The molecule has 0 aliphatic carbocycles. The standard InChI is InChI=1S/C13H12F5N3/c1-21-7-9(6-20-21)12(13(16,17)18)19-5-8-4-10(14)2-3-11(8)15/h2-4,6-7,12,19H,5H2,1H3. The van der Waals surface area contributed by atoms with Gasteiger partial charge in [0.2, 0.25) is 0 Å². The van der Waals surface area contributed by atoms with Gasteiger partial charge in [0.25, 0.3) is 0 Å². The predicted molar refractivity (Wildman–Crippen MR) is 65.2 cm³/mol. The minimum absolute atomic E-state index is 0.0955. The molecule has 0 spiro atoms. The van der Waals surface area contributed by atoms with E-state index in [4.69, 9.17) is 0 Å². The summed E-state index contributed by atoms with van der Waals surface area (Å²) < 4.78 is 66.7. The third-order valence-corrected chi connectivity index (χ3v) is 2.89. The van der Waals surface area contributed by atoms with Crippen molar-refractivity contribution in [1.29, 1.82) is 0 Å². The zero-order valence-corrected chi connectivity index (χ0v) is 11.0. The maximum atomic E-state index is 13.4. The van der Waals surface area contributed by atoms with E-state index in [1.807, 2.05) is 0 Å². The van der Waals surface area contributed by atoms with E-state index in [-0.39, 0.29) is 11.1 Å². The van der Waals surface area contributed by atoms with Gasteiger partial charge in [-0.2, -0.15) is 18.3 Å². The Morgan fingerprint density at radius 3 is 2.57 bits per heavy atom. The Hall–Kier alpha value is -1.96. The molecular weight excluding hydrogens is 293 g/mol. The molecule has 3 nitrogen and oxygen atoms in total. The van der Waals surface area contributed by atoms with Crippen molar-refractivity contribution >= 4 is 0 Å². The number of benzene rings is 1. The van der Waals surface area contributed by atoms with Gasteiger partial charge in [0.1, 0.15) is 17.7 Å². The van der Waals surface area contributed by atoms with E-state index in [1.165, 1.54) is 17.9 Å². The highest BCUT2D eigenvalue weighted by Crippen LogP contribution is 2.32. The van der Waals surface area contributed by atoms with Gasteiger partial charge in [0.15, 0.2) is 0 Å². The number of aromatic nitrogens is 2. The maximum absolute atomic E-state index is 13.4. The maximum Gasteiger partial charge on any atom is 0.408 e. The fourth-order valence-electron chi connectivity index (χ4n) is 1.90. The Labute approximate surface area is 117 Å². The Bertz CT molecular complexity index is 621. The molecule has 0 fully saturated rings. The summed E-state index contributed by atoms with van der Waals surface area (Å²) in [5.41, 5.74) is -0.269. The molecule has 1 heterocycles. The van der Waals surface area contributed by atoms with Crippen LogP contribution in [0.25, 0.3) is 0 Å². The summed E-state index contributed by atoms with van der Waals surface area (Å²) >= 11 is 0. The van der Waals surface area contributed by atoms with Gasteiger partial charge in [-0.3, -0.25) is 10.00 Å². The van der Waals surface area contributed by atoms with Crippen LogP contribution in [-0.4, -0.2) is 16.0 Å². The lowest BCUT2D eigenvalue weighted by molar-refractivity contribution is -0.158. The van der Waals surface area contributed by atoms with Crippen LogP contribution < -0.4 is 5.32 Å². The van der Waals surface area contributed by atoms with E-state index in [2.05, 4.69) is 10.4 Å². The van der Waals surface area contributed by atoms with Crippen LogP contribution in [0.3, 0.4) is 0 Å². The molecule has 1 atom stereocenters. The Morgan fingerprint density at radius 1 is 1.29 bits per heavy atom. The van der Waals surface area contributed by atoms with E-state index >= 15 is 0 Å². The van der Waals surface area contributed by atoms with Crippen molar-refractivity contribution in [2.45, 2.75) is 18.8 Å². The van der Waals surface area contributed by atoms with Crippen LogP contribution in [0, 0.1) is 11.6 Å². The van der Waals surface area contributed by atoms with Crippen molar-refractivity contribution in [1.82, 2.24) is 15.1 Å². The minimum atomic E-state index is -4.58. The van der Waals surface area contributed by atoms with Gasteiger partial charge in [0.05, 0.1) is 6.20 Å². The average molecular weight is 305 g/mol. The van der Waals surface area contributed by atoms with E-state index < -0.39 is 30.4 Å². The Balaban J connectivity index is 2.19. The monoisotopic (exact) mass is 305 g/mol. The van der Waals surface area contributed by atoms with Crippen LogP contribution in [-0.2, 0) is 13.6 Å². The van der Waals surface area contributed by atoms with E-state index in [0.717, 1.165) is 24.4 Å². The summed E-state index contributed by atoms with van der Waals surface area (Å²) in [6.45, 7) is -0.456. The van der Waals surface area contributed by atoms with Crippen molar-refractivity contribution in [3.8, 4) is 0 Å². The van der Waals surface area contributed by atoms with Gasteiger partial charge in [-0.05, 0) is 18.2 Å². The molecule has 0 bridgehead atoms. The minimum Gasteiger partial charge on any atom is -0.298 e. The molecule has 2 aromatic rings. The molecule has 0 radical (unpaired) electrons. The summed E-state index contributed by atoms with van der Waals surface area (Å²) in [7, 11) is 1.49. The molecule has 1 aromatic heterocycles. The van der Waals surface area contributed by atoms with Gasteiger partial charge in [-0.1, -0.05) is 0 Å². The van der Waals surface area contributed by atoms with Crippen molar-refractivity contribution in [3.63, 3.8) is 0 Å². The number of aryl methyl sites for hydroxylation is 1. The van der Waals surface area contributed by atoms with Gasteiger partial charge in [0, 0.05) is 30.9 Å². The number of nitrogens with zero attached hydrogens (tertiary/aromatic N) is 2. The molecule has 1 unspecified atom stereocenters. The molecule has 1 N–H and O–H groups in total. The van der Waals surface area contributed by atoms with Crippen LogP contribution >= 0.6 is 0 Å². The number of rotatable bonds is 4. The molecule has 2 rings (SSSR count). The molecule has 21 heavy (non-hydrogen) atoms. The summed E-state index contributed by atoms with van der Waals surface area (Å²) in [6, 6.07) is 0.632. The second-order valence-corrected chi connectivity index (χ2v) is 4.54. The quantitative estimate of drug-likeness (QED) is 0.880. The second-order valence-electron chi connectivity index (χ2n) is 4.54. The average Bonchev–Trinajstić information content (AvgIpc) is 2.78. The highest BCUT2D eigenvalue weighted by atomic mass is 19.4. The number of halogens is 5. The van der Waals surface area contributed by atoms with E-state index in [9.17, 15) is 22.0 Å². The summed E-state index contributed by atoms with van der Waals surface area (Å²) in [4.78, 5) is 0. The first-order chi connectivity index (χ1) is 9.77. The van der Waals surface area contributed by atoms with Crippen molar-refractivity contribution in [2.24, 2.45) is 7.05 Å². The van der Waals surface area contributed by atoms with Crippen molar-refractivity contribution < 1.29 is 22.0 Å². The largest absolute Gasteiger partial charge is 0.408 e. The fraction of sp³-hybridized carbons (Fsp3) is 0.308. The highest BCUT2D eigenvalue weighted by molar-refractivity contribution is 5.20. The molecule has 8 heteroatoms. The van der Waals surface area contributed by atoms with Gasteiger partial charge < -0.3 is 0 Å². The number of hydrogen-bond acceptors (Lipinski definition) is 2. The van der Waals surface area contributed by atoms with Crippen LogP contribution in [0.4, 0.5) is 22.0 Å². The Kier molecular flexibility index (Phi) is 4.26. The van der Waals surface area contributed by atoms with E-state index in [1.54, 1.807) is 0 Å². The first-order valence-corrected chi connectivity index (χ1v) is 6.00. The molecule has 1 aromatic carbocycles. The molecular formula is C13H12F5N3. The lowest BCUT2D eigenvalue weighted by Gasteiger charge is -2.20. The first kappa shape index (κ1) is 15.4. The van der Waals surface area contributed by atoms with Crippen molar-refractivity contribution in [2.75, 3.05) is 0 Å².